The number of fused-ring (bicyclic) bond motifs is 5. The number of phenols is 1. The second kappa shape index (κ2) is 39.5. The Hall–Kier alpha value is -8.73. The van der Waals surface area contributed by atoms with Gasteiger partial charge in [0.2, 0.25) is 5.78 Å². The number of primary amides is 1. The molecule has 8 rings (SSSR count). The lowest BCUT2D eigenvalue weighted by Crippen LogP contribution is -2.65. The predicted octanol–water partition coefficient (Wildman–Crippen LogP) is 3.28. The number of halogens is 3. The number of amides is 3. The molecule has 3 fully saturated rings. The number of carboxylic acids is 1. The molecule has 113 heavy (non-hydrogen) atoms. The molecule has 2 saturated heterocycles. The Morgan fingerprint density at radius 2 is 1.27 bits per heavy atom. The van der Waals surface area contributed by atoms with Crippen molar-refractivity contribution in [3.8, 4) is 11.5 Å². The lowest BCUT2D eigenvalue weighted by Gasteiger charge is -2.50. The maximum Gasteiger partial charge on any atom is 0.573 e. The number of anilines is 3. The number of aromatic hydroxyl groups is 1. The highest BCUT2D eigenvalue weighted by Crippen LogP contribution is 2.55. The number of Topliss-reactive ketones (excluding diaryl/α,β-unsaturated/α-hetero) is 2. The number of hydrogen-bond donors (Lipinski definition) is 19. The van der Waals surface area contributed by atoms with Crippen LogP contribution in [0.25, 0.3) is 5.76 Å². The van der Waals surface area contributed by atoms with Gasteiger partial charge in [0.25, 0.3) is 5.91 Å². The van der Waals surface area contributed by atoms with Crippen molar-refractivity contribution >= 4 is 58.3 Å². The molecule has 0 aromatic heterocycles. The maximum absolute atomic E-state index is 14.1. The van der Waals surface area contributed by atoms with Gasteiger partial charge in [-0.3, -0.25) is 28.9 Å². The molecule has 35 heteroatoms. The van der Waals surface area contributed by atoms with Gasteiger partial charge in [0.05, 0.1) is 96.9 Å². The second-order valence-corrected chi connectivity index (χ2v) is 29.7. The Labute approximate surface area is 650 Å². The molecule has 2 aromatic carbocycles. The number of aliphatic carboxylic acids is 1. The van der Waals surface area contributed by atoms with Crippen LogP contribution in [0.3, 0.4) is 0 Å². The third kappa shape index (κ3) is 23.3. The number of esters is 1. The highest BCUT2D eigenvalue weighted by molar-refractivity contribution is 6.24. The fraction of sp³-hybridized carbons (Fsp3) is 0.538. The third-order valence-corrected chi connectivity index (χ3v) is 20.8. The van der Waals surface area contributed by atoms with Gasteiger partial charge in [-0.25, -0.2) is 4.79 Å². The highest BCUT2D eigenvalue weighted by Gasteiger charge is 2.64. The fourth-order valence-corrected chi connectivity index (χ4v) is 14.8. The number of ether oxygens (including phenoxy) is 5. The van der Waals surface area contributed by atoms with Crippen molar-refractivity contribution < 1.29 is 142 Å². The van der Waals surface area contributed by atoms with Gasteiger partial charge in [-0.2, -0.15) is 0 Å². The van der Waals surface area contributed by atoms with Crippen molar-refractivity contribution in [2.75, 3.05) is 43.7 Å². The molecule has 3 aliphatic heterocycles. The zero-order valence-electron chi connectivity index (χ0n) is 63.5. The van der Waals surface area contributed by atoms with Gasteiger partial charge in [0.1, 0.15) is 41.0 Å². The van der Waals surface area contributed by atoms with E-state index in [0.29, 0.717) is 11.3 Å². The minimum absolute atomic E-state index is 0.0223. The fourth-order valence-electron chi connectivity index (χ4n) is 14.8. The van der Waals surface area contributed by atoms with Crippen LogP contribution in [0.15, 0.2) is 132 Å². The van der Waals surface area contributed by atoms with Crippen molar-refractivity contribution in [2.45, 2.75) is 207 Å². The molecule has 23 atom stereocenters. The summed E-state index contributed by atoms with van der Waals surface area (Å²) in [5, 5.41) is 169. The van der Waals surface area contributed by atoms with E-state index in [2.05, 4.69) is 15.4 Å². The van der Waals surface area contributed by atoms with E-state index >= 15 is 0 Å². The van der Waals surface area contributed by atoms with Crippen molar-refractivity contribution in [1.29, 1.82) is 0 Å². The number of ketones is 2. The van der Waals surface area contributed by atoms with Crippen LogP contribution < -0.4 is 31.7 Å². The molecule has 32 nitrogen and oxygen atoms in total. The number of carbonyl (C=O) groups is 6. The molecule has 2 aromatic rings. The quantitative estimate of drug-likeness (QED) is 0.0973. The average molecular weight is 1600 g/mol. The number of cyclic esters (lactones) is 1. The first kappa shape index (κ1) is 91.5. The molecule has 6 aliphatic rings. The van der Waals surface area contributed by atoms with Crippen molar-refractivity contribution in [3.63, 3.8) is 0 Å². The zero-order valence-corrected chi connectivity index (χ0v) is 63.5. The number of alkyl halides is 3. The molecule has 3 amide bonds. The summed E-state index contributed by atoms with van der Waals surface area (Å²) in [6.45, 7) is 6.74. The zero-order chi connectivity index (χ0) is 84.0. The number of nitrogens with zero attached hydrogens (tertiary/aromatic N) is 2. The number of aliphatic hydroxyl groups is 13. The summed E-state index contributed by atoms with van der Waals surface area (Å²) in [5.41, 5.74) is 7.62. The average Bonchev–Trinajstić information content (AvgIpc) is 0.697. The van der Waals surface area contributed by atoms with E-state index < -0.39 is 229 Å². The number of urea groups is 1. The SMILES string of the molecule is CN(C)c1cc(NC(=O)Nc2ccc(OC(F)(F)F)cc2)c(O)c2c1C[C@H]1C[C@H]3[C@H](N(C)C)C(=O)C(C(N)=O)=C(O)[C@@]3(O)C(=O)C1=C2O.C[C@@H]1[C@H](O)[C@@H](C)C=CC=CC=CC=CC=CC=CC=C[C@H](O[C@@H]2O[C@H](C)[C@@H](O)[C@H](N)[C@@H]2O)C[C@@H]2O[C@](O)(C[C@@H](O)C[C@@H](O)[C@H](O)CC[C@@H](O)C[C@@H](O)CC(=O)O[C@H]1C)C[C@H](O)[C@H]2C(=O)O. The summed E-state index contributed by atoms with van der Waals surface area (Å²) in [6.07, 6.45) is -1.53. The summed E-state index contributed by atoms with van der Waals surface area (Å²) in [6, 6.07) is 2.35. The standard InChI is InChI=1S/C47H73NO17.C31H32F3N5O9/c1-27-17-15-13-11-9-7-5-6-8-10-12-14-16-18-34(64-46-44(58)41(48)43(57)30(4)63-46)24-38-40(45(59)60)37(54)26-47(61,65-38)25-33(51)22-36(53)35(52)20-19-31(49)21-32(50)23-39(55)62-29(3)28(2)42(27)56;1-38(2)18-11-17(37-29(46)36-13-5-7-14(8-6-13)48-31(32,33)34)23(40)20-15(18)9-12-10-16-22(39(3)4)25(42)21(28(35)45)27(44)30(16,47)26(43)19(12)24(20)41/h5-18,27-38,40-44,46,49-54,56-58,61H,19-26,48H2,1-4H3,(H,59,60);5-8,11-12,16,22,40-41,44,47H,9-10H2,1-4H3,(H2,35,45)(H2,36,37,46)/t27-,28-,29-,30+,31+,32+,33-,34-,35+,36+,37-,38-,40+,41-,42+,43+,44-,46-,47+;12-,16-,22-,30-/m00/s1. The van der Waals surface area contributed by atoms with Crippen molar-refractivity contribution in [3.05, 3.63) is 143 Å². The van der Waals surface area contributed by atoms with Crippen LogP contribution in [-0.4, -0.2) is 261 Å². The molecule has 0 unspecified atom stereocenters. The van der Waals surface area contributed by atoms with E-state index in [1.165, 1.54) is 38.1 Å². The molecule has 3 aliphatic carbocycles. The van der Waals surface area contributed by atoms with E-state index in [0.717, 1.165) is 24.3 Å². The molecule has 3 heterocycles. The number of allylic oxidation sites excluding steroid dienone is 12. The Morgan fingerprint density at radius 1 is 0.681 bits per heavy atom. The van der Waals surface area contributed by atoms with E-state index in [1.54, 1.807) is 99.7 Å². The van der Waals surface area contributed by atoms with Crippen LogP contribution in [0.4, 0.5) is 35.0 Å². The van der Waals surface area contributed by atoms with Gasteiger partial charge in [-0.1, -0.05) is 98.9 Å². The van der Waals surface area contributed by atoms with Gasteiger partial charge in [-0.15, -0.1) is 13.2 Å². The van der Waals surface area contributed by atoms with Crippen LogP contribution in [0.1, 0.15) is 96.6 Å². The summed E-state index contributed by atoms with van der Waals surface area (Å²) in [4.78, 5) is 80.5. The lowest BCUT2D eigenvalue weighted by molar-refractivity contribution is -0.308. The molecule has 2 bridgehead atoms. The van der Waals surface area contributed by atoms with Crippen LogP contribution >= 0.6 is 0 Å². The highest BCUT2D eigenvalue weighted by atomic mass is 19.4. The van der Waals surface area contributed by atoms with Crippen LogP contribution in [0, 0.1) is 29.6 Å². The predicted molar refractivity (Wildman–Crippen MR) is 401 cm³/mol. The second-order valence-electron chi connectivity index (χ2n) is 29.7. The van der Waals surface area contributed by atoms with E-state index in [9.17, 15) is 119 Å². The lowest BCUT2D eigenvalue weighted by atomic mass is 9.57. The molecule has 0 spiro atoms. The largest absolute Gasteiger partial charge is 0.573 e. The number of rotatable bonds is 9. The minimum Gasteiger partial charge on any atom is -0.508 e. The summed E-state index contributed by atoms with van der Waals surface area (Å²) in [7, 11) is 6.30. The minimum atomic E-state index is -4.91. The number of likely N-dealkylation sites (N-methyl/N-ethyl adjacent to an activating group) is 1. The number of hydrogen-bond acceptors (Lipinski definition) is 28. The number of aliphatic hydroxyl groups excluding tert-OH is 11. The number of carbonyl (C=O) groups excluding carboxylic acids is 5. The molecule has 624 valence electrons. The first-order valence-electron chi connectivity index (χ1n) is 36.7. The first-order valence-corrected chi connectivity index (χ1v) is 36.7. The molecule has 21 N–H and O–H groups in total. The number of carboxylic acid groups (broad SMARTS) is 1. The Balaban J connectivity index is 0.000000327. The summed E-state index contributed by atoms with van der Waals surface area (Å²) in [5.74, 6) is -15.4. The van der Waals surface area contributed by atoms with Gasteiger partial charge < -0.3 is 127 Å². The van der Waals surface area contributed by atoms with Gasteiger partial charge in [-0.05, 0) is 102 Å². The Kier molecular flexibility index (Phi) is 32.0. The maximum atomic E-state index is 14.1. The number of nitrogens with one attached hydrogen (secondary N) is 2. The van der Waals surface area contributed by atoms with Gasteiger partial charge in [0, 0.05) is 74.5 Å². The monoisotopic (exact) mass is 1600 g/mol. The van der Waals surface area contributed by atoms with Crippen LogP contribution in [-0.2, 0) is 49.3 Å². The molecule has 1 saturated carbocycles. The summed E-state index contributed by atoms with van der Waals surface area (Å²) >= 11 is 0. The third-order valence-electron chi connectivity index (χ3n) is 20.8. The normalized spacial score (nSPS) is 34.3. The van der Waals surface area contributed by atoms with Gasteiger partial charge >= 0.3 is 24.3 Å². The van der Waals surface area contributed by atoms with E-state index in [1.807, 2.05) is 19.1 Å². The Morgan fingerprint density at radius 3 is 1.84 bits per heavy atom. The number of nitrogens with two attached hydrogens (primary N) is 2. The van der Waals surface area contributed by atoms with E-state index in [4.69, 9.17) is 30.4 Å². The molecule has 0 radical (unpaired) electrons. The first-order chi connectivity index (χ1) is 52.9. The molecular weight excluding hydrogens is 1490 g/mol. The molecular formula is C78H105F3N6O26. The number of benzene rings is 2. The number of phenolic OH excluding ortho intramolecular Hbond substituents is 1. The summed E-state index contributed by atoms with van der Waals surface area (Å²) < 4.78 is 64.4. The van der Waals surface area contributed by atoms with Crippen LogP contribution in [0.2, 0.25) is 0 Å². The van der Waals surface area contributed by atoms with Crippen LogP contribution in [0.5, 0.6) is 11.5 Å². The van der Waals surface area contributed by atoms with Crippen molar-refractivity contribution in [1.82, 2.24) is 4.90 Å². The van der Waals surface area contributed by atoms with Crippen molar-refractivity contribution in [2.24, 2.45) is 41.1 Å². The van der Waals surface area contributed by atoms with Gasteiger partial charge in [0.15, 0.2) is 29.2 Å². The topological polar surface area (TPSA) is 535 Å². The smallest absolute Gasteiger partial charge is 0.508 e. The van der Waals surface area contributed by atoms with E-state index in [-0.39, 0.29) is 67.0 Å². The Bertz CT molecular complexity index is 3980.